The Morgan fingerprint density at radius 2 is 0.432 bits per heavy atom. The fourth-order valence-corrected chi connectivity index (χ4v) is 2.54. The van der Waals surface area contributed by atoms with Gasteiger partial charge in [0.25, 0.3) is 0 Å². The van der Waals surface area contributed by atoms with Gasteiger partial charge >= 0.3 is 6.18 Å². The zero-order valence-corrected chi connectivity index (χ0v) is 16.3. The molecule has 0 atom stereocenters. The van der Waals surface area contributed by atoms with E-state index in [1.807, 2.05) is 0 Å². The highest BCUT2D eigenvalue weighted by atomic mass is 19.4. The van der Waals surface area contributed by atoms with Gasteiger partial charge in [-0.2, -0.15) is 13.2 Å². The molecule has 0 fully saturated rings. The minimum Gasteiger partial charge on any atom is -0.203 e. The number of rotatable bonds is 0. The lowest BCUT2D eigenvalue weighted by molar-refractivity contribution is -0.139. The van der Waals surface area contributed by atoms with Crippen molar-refractivity contribution >= 4 is 10.8 Å². The summed E-state index contributed by atoms with van der Waals surface area (Å²) in [6.07, 6.45) is -6.90. The summed E-state index contributed by atoms with van der Waals surface area (Å²) in [5.41, 5.74) is -4.04. The largest absolute Gasteiger partial charge is 0.420 e. The molecule has 0 heterocycles. The molecule has 18 heteroatoms. The molecular weight excluding hydrogens is 570 g/mol. The van der Waals surface area contributed by atoms with Gasteiger partial charge in [0.15, 0.2) is 46.5 Å². The second-order valence-electron chi connectivity index (χ2n) is 6.33. The summed E-state index contributed by atoms with van der Waals surface area (Å²) >= 11 is 0. The average Bonchev–Trinajstić information content (AvgIpc) is 2.84. The van der Waals surface area contributed by atoms with Crippen molar-refractivity contribution < 1.29 is 79.0 Å². The molecular formula is C19F18. The number of halogens is 18. The van der Waals surface area contributed by atoms with Crippen molar-refractivity contribution in [2.24, 2.45) is 0 Å². The van der Waals surface area contributed by atoms with Crippen LogP contribution in [0.3, 0.4) is 0 Å². The highest BCUT2D eigenvalue weighted by Crippen LogP contribution is 2.40. The van der Waals surface area contributed by atoms with E-state index in [0.717, 1.165) is 0 Å². The summed E-state index contributed by atoms with van der Waals surface area (Å²) in [6.45, 7) is 0. The van der Waals surface area contributed by atoms with Crippen LogP contribution < -0.4 is 0 Å². The van der Waals surface area contributed by atoms with Gasteiger partial charge in [-0.05, 0) is 0 Å². The van der Waals surface area contributed by atoms with E-state index in [1.165, 1.54) is 0 Å². The Morgan fingerprint density at radius 1 is 0.243 bits per heavy atom. The number of hydrogen-bond donors (Lipinski definition) is 0. The average molecular weight is 570 g/mol. The van der Waals surface area contributed by atoms with Crippen LogP contribution in [0.25, 0.3) is 10.8 Å². The van der Waals surface area contributed by atoms with E-state index in [9.17, 15) is 79.0 Å². The summed E-state index contributed by atoms with van der Waals surface area (Å²) in [5, 5.41) is -7.37. The van der Waals surface area contributed by atoms with Crippen LogP contribution in [0.4, 0.5) is 79.0 Å². The minimum absolute atomic E-state index is 3.59. The molecule has 0 nitrogen and oxygen atoms in total. The van der Waals surface area contributed by atoms with E-state index in [2.05, 4.69) is 0 Å². The molecule has 37 heavy (non-hydrogen) atoms. The predicted molar refractivity (Wildman–Crippen MR) is 83.6 cm³/mol. The number of hydrogen-bond acceptors (Lipinski definition) is 0. The van der Waals surface area contributed by atoms with Gasteiger partial charge in [-0.3, -0.25) is 0 Å². The predicted octanol–water partition coefficient (Wildman–Crippen LogP) is 8.19. The maximum Gasteiger partial charge on any atom is 0.420 e. The zero-order chi connectivity index (χ0) is 28.9. The third-order valence-electron chi connectivity index (χ3n) is 4.17. The van der Waals surface area contributed by atoms with Gasteiger partial charge in [-0.25, -0.2) is 65.9 Å². The van der Waals surface area contributed by atoms with Gasteiger partial charge in [0.1, 0.15) is 5.56 Å². The molecule has 0 aromatic heterocycles. The Bertz CT molecular complexity index is 1420. The lowest BCUT2D eigenvalue weighted by Gasteiger charge is -2.12. The van der Waals surface area contributed by atoms with Crippen LogP contribution in [-0.4, -0.2) is 0 Å². The van der Waals surface area contributed by atoms with Crippen LogP contribution in [-0.2, 0) is 6.18 Å². The molecule has 0 spiro atoms. The van der Waals surface area contributed by atoms with Gasteiger partial charge in [-0.1, -0.05) is 0 Å². The lowest BCUT2D eigenvalue weighted by atomic mass is 10.0. The van der Waals surface area contributed by atoms with E-state index in [4.69, 9.17) is 0 Å². The maximum atomic E-state index is 14.7. The molecule has 0 bridgehead atoms. The van der Waals surface area contributed by atoms with Crippen molar-refractivity contribution in [2.45, 2.75) is 6.18 Å². The normalized spacial score (nSPS) is 11.5. The molecule has 202 valence electrons. The van der Waals surface area contributed by atoms with Crippen LogP contribution in [0.2, 0.25) is 0 Å². The molecule has 0 saturated heterocycles. The van der Waals surface area contributed by atoms with Crippen LogP contribution in [0.15, 0.2) is 0 Å². The molecule has 0 saturated carbocycles. The highest BCUT2D eigenvalue weighted by Gasteiger charge is 2.41. The third kappa shape index (κ3) is 4.87. The fraction of sp³-hybridized carbons (Fsp3) is 0.0526. The van der Waals surface area contributed by atoms with Crippen molar-refractivity contribution in [3.8, 4) is 0 Å². The third-order valence-corrected chi connectivity index (χ3v) is 4.17. The summed E-state index contributed by atoms with van der Waals surface area (Å²) in [4.78, 5) is 0. The molecule has 0 radical (unpaired) electrons. The Hall–Kier alpha value is -3.60. The molecule has 0 N–H and O–H groups in total. The van der Waals surface area contributed by atoms with Crippen LogP contribution in [0.5, 0.6) is 0 Å². The Balaban J connectivity index is 3.99. The summed E-state index contributed by atoms with van der Waals surface area (Å²) in [6, 6.07) is 0. The smallest absolute Gasteiger partial charge is 0.203 e. The Labute approximate surface area is 190 Å². The zero-order valence-electron chi connectivity index (χ0n) is 16.3. The Morgan fingerprint density at radius 3 is 0.676 bits per heavy atom. The van der Waals surface area contributed by atoms with Crippen molar-refractivity contribution in [3.63, 3.8) is 0 Å². The van der Waals surface area contributed by atoms with E-state index in [1.54, 1.807) is 0 Å². The van der Waals surface area contributed by atoms with Gasteiger partial charge in [0.05, 0.1) is 5.39 Å². The topological polar surface area (TPSA) is 0 Å². The van der Waals surface area contributed by atoms with Gasteiger partial charge < -0.3 is 0 Å². The lowest BCUT2D eigenvalue weighted by Crippen LogP contribution is -2.13. The monoisotopic (exact) mass is 570 g/mol. The van der Waals surface area contributed by atoms with Crippen LogP contribution in [0, 0.1) is 87.3 Å². The highest BCUT2D eigenvalue weighted by molar-refractivity contribution is 5.86. The summed E-state index contributed by atoms with van der Waals surface area (Å²) in [5.74, 6) is -56.7. The molecule has 0 unspecified atom stereocenters. The SMILES string of the molecule is Fc1c(F)c(F)c(F)c(F)c2c(C(F)(F)F)c(F)c(F)c(F)c(F)c(F)c(F)c(F)c2c(F)c(F)c1F. The first kappa shape index (κ1) is 29.6. The number of fused-ring (bicyclic) bond motifs is 1. The molecule has 0 aliphatic heterocycles. The van der Waals surface area contributed by atoms with Gasteiger partial charge in [0.2, 0.25) is 40.7 Å². The second kappa shape index (κ2) is 10.0. The van der Waals surface area contributed by atoms with Crippen molar-refractivity contribution in [1.82, 2.24) is 0 Å². The minimum atomic E-state index is -6.90. The summed E-state index contributed by atoms with van der Waals surface area (Å²) in [7, 11) is 0. The fourth-order valence-electron chi connectivity index (χ4n) is 2.54. The first-order valence-corrected chi connectivity index (χ1v) is 8.40. The number of alkyl halides is 3. The van der Waals surface area contributed by atoms with Crippen molar-refractivity contribution in [1.29, 1.82) is 0 Å². The second-order valence-corrected chi connectivity index (χ2v) is 6.33. The summed E-state index contributed by atoms with van der Waals surface area (Å²) < 4.78 is 250. The molecule has 0 amide bonds. The van der Waals surface area contributed by atoms with Crippen LogP contribution in [0.1, 0.15) is 5.56 Å². The van der Waals surface area contributed by atoms with E-state index in [-0.39, 0.29) is 0 Å². The maximum absolute atomic E-state index is 14.7. The molecule has 0 aliphatic rings. The van der Waals surface area contributed by atoms with E-state index < -0.39 is 110 Å². The molecule has 0 aliphatic carbocycles. The standard InChI is InChI=1S/C19F18/c20-4-1-2(6(22)10(26)14(30)18(34)17(33)12(28)8(4)24)5(21)9(25)13(29)16(32)15(31)11(27)7(23)3(1)19(35,36)37. The molecule has 2 aromatic carbocycles. The molecule has 2 rings (SSSR count). The first-order chi connectivity index (χ1) is 16.8. The Kier molecular flexibility index (Phi) is 8.04. The van der Waals surface area contributed by atoms with Crippen LogP contribution >= 0.6 is 0 Å². The van der Waals surface area contributed by atoms with E-state index in [0.29, 0.717) is 0 Å². The van der Waals surface area contributed by atoms with Gasteiger partial charge in [-0.15, -0.1) is 0 Å². The first-order valence-electron chi connectivity index (χ1n) is 8.40. The van der Waals surface area contributed by atoms with Crippen molar-refractivity contribution in [3.05, 3.63) is 92.8 Å². The van der Waals surface area contributed by atoms with Gasteiger partial charge in [0, 0.05) is 5.39 Å². The quantitative estimate of drug-likeness (QED) is 0.281. The molecule has 2 aromatic rings. The van der Waals surface area contributed by atoms with Crippen molar-refractivity contribution in [2.75, 3.05) is 0 Å². The van der Waals surface area contributed by atoms with E-state index >= 15 is 0 Å².